The molecule has 278 valence electrons. The second-order valence-corrected chi connectivity index (χ2v) is 16.9. The van der Waals surface area contributed by atoms with Gasteiger partial charge in [-0.2, -0.15) is 0 Å². The van der Waals surface area contributed by atoms with E-state index in [2.05, 4.69) is 31.2 Å². The summed E-state index contributed by atoms with van der Waals surface area (Å²) in [5, 5.41) is 4.86. The van der Waals surface area contributed by atoms with Gasteiger partial charge in [0.25, 0.3) is 11.8 Å². The van der Waals surface area contributed by atoms with Gasteiger partial charge in [0.05, 0.1) is 31.3 Å². The highest BCUT2D eigenvalue weighted by molar-refractivity contribution is 7.92. The first-order chi connectivity index (χ1) is 25.0. The number of ether oxygens (including phenoxy) is 4. The smallest absolute Gasteiger partial charge is 0.286 e. The number of hydrogen-bond donors (Lipinski definition) is 1. The maximum absolute atomic E-state index is 14.6. The lowest BCUT2D eigenvalue weighted by atomic mass is 9.70. The van der Waals surface area contributed by atoms with Gasteiger partial charge in [-0.25, -0.2) is 4.21 Å². The fourth-order valence-corrected chi connectivity index (χ4v) is 10.3. The molecule has 1 spiro atoms. The average Bonchev–Trinajstić information content (AvgIpc) is 3.70. The summed E-state index contributed by atoms with van der Waals surface area (Å²) in [6.07, 6.45) is 9.23. The van der Waals surface area contributed by atoms with E-state index in [-0.39, 0.29) is 52.2 Å². The quantitative estimate of drug-likeness (QED) is 0.342. The molecule has 6 atom stereocenters. The number of nitrogens with one attached hydrogen (secondary N) is 1. The van der Waals surface area contributed by atoms with E-state index in [1.807, 2.05) is 25.1 Å². The molecule has 1 fully saturated rings. The molecule has 2 aromatic carbocycles. The number of halogens is 1. The summed E-state index contributed by atoms with van der Waals surface area (Å²) in [7, 11) is 1.11. The van der Waals surface area contributed by atoms with E-state index in [9.17, 15) is 13.8 Å². The van der Waals surface area contributed by atoms with Gasteiger partial charge in [0.2, 0.25) is 5.88 Å². The van der Waals surface area contributed by atoms with Crippen molar-refractivity contribution < 1.29 is 32.7 Å². The summed E-state index contributed by atoms with van der Waals surface area (Å²) < 4.78 is 47.1. The molecule has 4 heterocycles. The number of benzene rings is 2. The molecule has 1 saturated heterocycles. The van der Waals surface area contributed by atoms with Crippen LogP contribution in [-0.2, 0) is 38.3 Å². The van der Waals surface area contributed by atoms with E-state index < -0.39 is 21.7 Å². The summed E-state index contributed by atoms with van der Waals surface area (Å²) in [6.45, 7) is 4.28. The number of allylic oxidation sites excluding steroid dienone is 1. The maximum atomic E-state index is 14.6. The molecule has 4 aliphatic rings. The Hall–Kier alpha value is -3.91. The van der Waals surface area contributed by atoms with Crippen LogP contribution in [0, 0.1) is 11.8 Å². The first-order valence-corrected chi connectivity index (χ1v) is 19.9. The lowest BCUT2D eigenvalue weighted by molar-refractivity contribution is -0.0173. The molecule has 2 amide bonds. The van der Waals surface area contributed by atoms with Crippen molar-refractivity contribution in [3.63, 3.8) is 0 Å². The molecule has 1 N–H and O–H groups in total. The van der Waals surface area contributed by atoms with Gasteiger partial charge >= 0.3 is 0 Å². The van der Waals surface area contributed by atoms with E-state index in [0.29, 0.717) is 38.5 Å². The van der Waals surface area contributed by atoms with Crippen LogP contribution in [0.25, 0.3) is 0 Å². The predicted molar refractivity (Wildman–Crippen MR) is 199 cm³/mol. The molecule has 1 aliphatic carbocycles. The second kappa shape index (κ2) is 14.8. The summed E-state index contributed by atoms with van der Waals surface area (Å²) in [4.78, 5) is 29.9. The van der Waals surface area contributed by atoms with Crippen molar-refractivity contribution >= 4 is 39.0 Å². The molecule has 0 saturated carbocycles. The second-order valence-electron chi connectivity index (χ2n) is 14.5. The van der Waals surface area contributed by atoms with Crippen LogP contribution in [-0.4, -0.2) is 84.3 Å². The van der Waals surface area contributed by atoms with Crippen molar-refractivity contribution in [1.82, 2.24) is 14.5 Å². The molecule has 3 aliphatic heterocycles. The molecule has 1 unspecified atom stereocenters. The minimum atomic E-state index is -3.62. The molecule has 2 bridgehead atoms. The maximum Gasteiger partial charge on any atom is 0.286 e. The summed E-state index contributed by atoms with van der Waals surface area (Å²) in [5.41, 5.74) is 3.24. The Morgan fingerprint density at radius 1 is 1.19 bits per heavy atom. The monoisotopic (exact) mass is 751 g/mol. The van der Waals surface area contributed by atoms with Crippen LogP contribution in [0.4, 0.5) is 5.69 Å². The normalized spacial score (nSPS) is 29.6. The SMILES string of the molecule is COc1nn(C)cc1C(=O)NS1(=O)=NC(=O)c2ccc3c(c2)N(C[C@@H]2CCO[C@H]2[C@@H](OC)/C=C/C[C@H](C)C1)C[C@@]1(CCCc2cc(Cl)ccc21)CO3. The molecule has 7 rings (SSSR count). The predicted octanol–water partition coefficient (Wildman–Crippen LogP) is 5.52. The minimum Gasteiger partial charge on any atom is -0.490 e. The molecule has 52 heavy (non-hydrogen) atoms. The van der Waals surface area contributed by atoms with Crippen LogP contribution in [0.15, 0.2) is 59.1 Å². The number of nitrogens with zero attached hydrogens (tertiary/aromatic N) is 4. The largest absolute Gasteiger partial charge is 0.490 e. The first kappa shape index (κ1) is 36.4. The summed E-state index contributed by atoms with van der Waals surface area (Å²) in [6, 6.07) is 11.4. The Morgan fingerprint density at radius 3 is 2.85 bits per heavy atom. The molecule has 1 aromatic heterocycles. The Kier molecular flexibility index (Phi) is 10.4. The van der Waals surface area contributed by atoms with Gasteiger partial charge in [-0.15, -0.1) is 9.46 Å². The minimum absolute atomic E-state index is 0.0658. The van der Waals surface area contributed by atoms with Crippen molar-refractivity contribution in [3.8, 4) is 11.6 Å². The van der Waals surface area contributed by atoms with Crippen LogP contribution in [0.3, 0.4) is 0 Å². The lowest BCUT2D eigenvalue weighted by Gasteiger charge is -2.41. The number of anilines is 1. The van der Waals surface area contributed by atoms with E-state index >= 15 is 0 Å². The molecule has 3 aromatic rings. The van der Waals surface area contributed by atoms with Crippen molar-refractivity contribution in [2.45, 2.75) is 56.7 Å². The molecular weight excluding hydrogens is 706 g/mol. The zero-order valence-electron chi connectivity index (χ0n) is 30.0. The van der Waals surface area contributed by atoms with E-state index in [4.69, 9.17) is 30.5 Å². The van der Waals surface area contributed by atoms with Crippen LogP contribution in [0.5, 0.6) is 11.6 Å². The zero-order valence-corrected chi connectivity index (χ0v) is 31.6. The summed E-state index contributed by atoms with van der Waals surface area (Å²) in [5.74, 6) is -0.817. The Bertz CT molecular complexity index is 2010. The van der Waals surface area contributed by atoms with Crippen LogP contribution >= 0.6 is 11.6 Å². The Morgan fingerprint density at radius 2 is 2.04 bits per heavy atom. The van der Waals surface area contributed by atoms with E-state index in [1.54, 1.807) is 32.4 Å². The number of amides is 2. The van der Waals surface area contributed by atoms with Crippen molar-refractivity contribution in [2.24, 2.45) is 23.2 Å². The highest BCUT2D eigenvalue weighted by Gasteiger charge is 2.44. The fraction of sp³-hybridized carbons (Fsp3) is 0.500. The third kappa shape index (κ3) is 7.33. The molecule has 12 nitrogen and oxygen atoms in total. The molecular formula is C38H46ClN5O7S. The van der Waals surface area contributed by atoms with E-state index in [1.165, 1.54) is 29.1 Å². The van der Waals surface area contributed by atoms with Gasteiger partial charge in [-0.3, -0.25) is 19.0 Å². The van der Waals surface area contributed by atoms with Crippen LogP contribution in [0.1, 0.15) is 64.4 Å². The van der Waals surface area contributed by atoms with Gasteiger partial charge in [-0.05, 0) is 79.5 Å². The standard InChI is InChI=1S/C38H46ClN5O7S/c1-24-7-5-9-33(48-3)34-27(14-16-50-34)19-44-22-38(15-6-8-25-17-28(39)11-12-30(25)38)23-51-32-13-10-26(18-31(32)44)35(45)41-52(47,21-24)42-36(46)29-20-43(2)40-37(29)49-4/h5,9-13,17-18,20,24,27,33-34H,6-8,14-16,19,21-23H2,1-4H3,(H,41,42,45,46,47)/b9-5+/t24-,27-,33-,34+,38-,52?/m0/s1. The van der Waals surface area contributed by atoms with Crippen LogP contribution in [0.2, 0.25) is 5.02 Å². The van der Waals surface area contributed by atoms with Gasteiger partial charge < -0.3 is 23.8 Å². The van der Waals surface area contributed by atoms with Gasteiger partial charge in [0.15, 0.2) is 0 Å². The van der Waals surface area contributed by atoms with Crippen molar-refractivity contribution in [3.05, 3.63) is 82.0 Å². The first-order valence-electron chi connectivity index (χ1n) is 17.8. The zero-order chi connectivity index (χ0) is 36.6. The lowest BCUT2D eigenvalue weighted by Crippen LogP contribution is -2.48. The third-order valence-corrected chi connectivity index (χ3v) is 12.9. The highest BCUT2D eigenvalue weighted by atomic mass is 35.5. The number of carbonyl (C=O) groups is 2. The number of rotatable bonds is 4. The molecule has 0 radical (unpaired) electrons. The number of fused-ring (bicyclic) bond motifs is 4. The van der Waals surface area contributed by atoms with Crippen molar-refractivity contribution in [1.29, 1.82) is 0 Å². The van der Waals surface area contributed by atoms with E-state index in [0.717, 1.165) is 36.4 Å². The van der Waals surface area contributed by atoms with Crippen LogP contribution < -0.4 is 19.1 Å². The number of aryl methyl sites for hydroxylation is 2. The van der Waals surface area contributed by atoms with Crippen molar-refractivity contribution in [2.75, 3.05) is 51.2 Å². The third-order valence-electron chi connectivity index (χ3n) is 10.7. The fourth-order valence-electron chi connectivity index (χ4n) is 8.23. The Balaban J connectivity index is 1.32. The number of methoxy groups -OCH3 is 2. The number of aromatic nitrogens is 2. The molecule has 14 heteroatoms. The number of hydrogen-bond acceptors (Lipinski definition) is 9. The Labute approximate surface area is 310 Å². The van der Waals surface area contributed by atoms with Gasteiger partial charge in [-0.1, -0.05) is 36.7 Å². The van der Waals surface area contributed by atoms with Gasteiger partial charge in [0.1, 0.15) is 27.3 Å². The summed E-state index contributed by atoms with van der Waals surface area (Å²) >= 11 is 6.46. The van der Waals surface area contributed by atoms with Gasteiger partial charge in [0, 0.05) is 62.0 Å². The topological polar surface area (TPSA) is 134 Å². The average molecular weight is 752 g/mol. The highest BCUT2D eigenvalue weighted by Crippen LogP contribution is 2.45. The number of carbonyl (C=O) groups excluding carboxylic acids is 2.